The minimum atomic E-state index is -0.430. The van der Waals surface area contributed by atoms with Gasteiger partial charge >= 0.3 is 0 Å². The molecule has 3 N–H and O–H groups in total. The fourth-order valence-corrected chi connectivity index (χ4v) is 4.97. The monoisotopic (exact) mass is 497 g/mol. The predicted molar refractivity (Wildman–Crippen MR) is 137 cm³/mol. The third-order valence-corrected chi connectivity index (χ3v) is 6.76. The van der Waals surface area contributed by atoms with E-state index in [-0.39, 0.29) is 11.1 Å². The van der Waals surface area contributed by atoms with Gasteiger partial charge in [-0.25, -0.2) is 9.37 Å². The summed E-state index contributed by atoms with van der Waals surface area (Å²) in [7, 11) is 0. The van der Waals surface area contributed by atoms with Crippen LogP contribution >= 0.6 is 23.2 Å². The fourth-order valence-electron chi connectivity index (χ4n) is 4.54. The van der Waals surface area contributed by atoms with Gasteiger partial charge in [-0.15, -0.1) is 0 Å². The molecule has 0 bridgehead atoms. The number of hydrogen-bond acceptors (Lipinski definition) is 4. The van der Waals surface area contributed by atoms with E-state index in [1.807, 2.05) is 30.3 Å². The van der Waals surface area contributed by atoms with Crippen LogP contribution in [-0.2, 0) is 13.0 Å². The van der Waals surface area contributed by atoms with Crippen molar-refractivity contribution in [3.63, 3.8) is 0 Å². The Morgan fingerprint density at radius 3 is 2.50 bits per heavy atom. The van der Waals surface area contributed by atoms with Gasteiger partial charge in [0.15, 0.2) is 0 Å². The van der Waals surface area contributed by atoms with E-state index in [0.717, 1.165) is 59.9 Å². The highest BCUT2D eigenvalue weighted by atomic mass is 35.5. The molecule has 3 aromatic carbocycles. The molecule has 1 aliphatic heterocycles. The van der Waals surface area contributed by atoms with Crippen LogP contribution in [0.25, 0.3) is 11.0 Å². The zero-order chi connectivity index (χ0) is 23.7. The van der Waals surface area contributed by atoms with E-state index in [1.165, 1.54) is 6.07 Å². The fraction of sp³-hybridized carbons (Fsp3) is 0.269. The standard InChI is InChI=1S/C26H26Cl2FN5/c27-19-14-20(23(30)13-17-4-2-1-3-5-17)25-24(15-19)34(16-18-6-7-22(29)21(28)12-18)26(32-25)33-10-8-31-9-11-33/h1-7,12,14-15,23,31H,8-11,13,16,30H2/t23-/m0/s1. The second-order valence-electron chi connectivity index (χ2n) is 8.64. The lowest BCUT2D eigenvalue weighted by atomic mass is 9.98. The Labute approximate surface area is 208 Å². The number of aromatic nitrogens is 2. The number of imidazole rings is 1. The van der Waals surface area contributed by atoms with Crippen LogP contribution in [0.3, 0.4) is 0 Å². The summed E-state index contributed by atoms with van der Waals surface area (Å²) in [4.78, 5) is 7.36. The molecular formula is C26H26Cl2FN5. The summed E-state index contributed by atoms with van der Waals surface area (Å²) in [6.07, 6.45) is 0.680. The number of fused-ring (bicyclic) bond motifs is 1. The molecule has 0 radical (unpaired) electrons. The first kappa shape index (κ1) is 23.1. The molecule has 4 aromatic rings. The minimum absolute atomic E-state index is 0.106. The van der Waals surface area contributed by atoms with E-state index in [4.69, 9.17) is 33.9 Å². The van der Waals surface area contributed by atoms with Crippen LogP contribution in [-0.4, -0.2) is 35.7 Å². The molecule has 0 saturated carbocycles. The van der Waals surface area contributed by atoms with Gasteiger partial charge in [0.25, 0.3) is 0 Å². The molecule has 176 valence electrons. The molecule has 0 amide bonds. The zero-order valence-corrected chi connectivity index (χ0v) is 20.2. The van der Waals surface area contributed by atoms with Crippen molar-refractivity contribution in [3.05, 3.63) is 93.2 Å². The molecule has 5 nitrogen and oxygen atoms in total. The molecule has 2 heterocycles. The maximum atomic E-state index is 13.8. The van der Waals surface area contributed by atoms with Gasteiger partial charge in [-0.1, -0.05) is 59.6 Å². The Kier molecular flexibility index (Phi) is 6.75. The second kappa shape index (κ2) is 9.92. The number of hydrogen-bond donors (Lipinski definition) is 2. The number of nitrogens with one attached hydrogen (secondary N) is 1. The molecule has 1 aromatic heterocycles. The summed E-state index contributed by atoms with van der Waals surface area (Å²) in [5.74, 6) is 0.424. The summed E-state index contributed by atoms with van der Waals surface area (Å²) in [6.45, 7) is 3.93. The first-order valence-electron chi connectivity index (χ1n) is 11.4. The van der Waals surface area contributed by atoms with E-state index < -0.39 is 5.82 Å². The third kappa shape index (κ3) is 4.77. The third-order valence-electron chi connectivity index (χ3n) is 6.25. The van der Waals surface area contributed by atoms with Gasteiger partial charge in [0.2, 0.25) is 5.95 Å². The Hall–Kier alpha value is -2.64. The van der Waals surface area contributed by atoms with E-state index in [1.54, 1.807) is 12.1 Å². The summed E-state index contributed by atoms with van der Waals surface area (Å²) in [5, 5.41) is 4.10. The van der Waals surface area contributed by atoms with Crippen molar-refractivity contribution < 1.29 is 4.39 Å². The number of nitrogens with two attached hydrogens (primary N) is 1. The number of anilines is 1. The van der Waals surface area contributed by atoms with Crippen molar-refractivity contribution in [2.75, 3.05) is 31.1 Å². The maximum absolute atomic E-state index is 13.8. The van der Waals surface area contributed by atoms with Gasteiger partial charge in [-0.2, -0.15) is 0 Å². The smallest absolute Gasteiger partial charge is 0.206 e. The van der Waals surface area contributed by atoms with Crippen LogP contribution in [0.15, 0.2) is 60.7 Å². The highest BCUT2D eigenvalue weighted by molar-refractivity contribution is 6.31. The normalized spacial score (nSPS) is 15.1. The van der Waals surface area contributed by atoms with E-state index in [0.29, 0.717) is 18.0 Å². The summed E-state index contributed by atoms with van der Waals surface area (Å²) in [5.41, 5.74) is 11.4. The number of piperazine rings is 1. The molecular weight excluding hydrogens is 472 g/mol. The average molecular weight is 498 g/mol. The van der Waals surface area contributed by atoms with Gasteiger partial charge in [-0.05, 0) is 47.4 Å². The van der Waals surface area contributed by atoms with Crippen LogP contribution < -0.4 is 16.0 Å². The lowest BCUT2D eigenvalue weighted by Gasteiger charge is -2.29. The first-order chi connectivity index (χ1) is 16.5. The Bertz CT molecular complexity index is 1300. The Balaban J connectivity index is 1.61. The highest BCUT2D eigenvalue weighted by Crippen LogP contribution is 2.33. The SMILES string of the molecule is N[C@@H](Cc1ccccc1)c1cc(Cl)cc2c1nc(N1CCNCC1)n2Cc1ccc(F)c(Cl)c1. The molecule has 1 atom stereocenters. The summed E-state index contributed by atoms with van der Waals surface area (Å²) >= 11 is 12.7. The molecule has 8 heteroatoms. The Morgan fingerprint density at radius 2 is 1.76 bits per heavy atom. The molecule has 1 fully saturated rings. The van der Waals surface area contributed by atoms with Crippen molar-refractivity contribution >= 4 is 40.2 Å². The molecule has 34 heavy (non-hydrogen) atoms. The van der Waals surface area contributed by atoms with Crippen LogP contribution in [0.1, 0.15) is 22.7 Å². The van der Waals surface area contributed by atoms with E-state index in [9.17, 15) is 4.39 Å². The van der Waals surface area contributed by atoms with Crippen LogP contribution in [0.2, 0.25) is 10.0 Å². The van der Waals surface area contributed by atoms with E-state index >= 15 is 0 Å². The van der Waals surface area contributed by atoms with Crippen molar-refractivity contribution in [2.24, 2.45) is 5.73 Å². The number of benzene rings is 3. The van der Waals surface area contributed by atoms with Gasteiger partial charge in [-0.3, -0.25) is 0 Å². The number of nitrogens with zero attached hydrogens (tertiary/aromatic N) is 3. The van der Waals surface area contributed by atoms with Crippen LogP contribution in [0.4, 0.5) is 10.3 Å². The van der Waals surface area contributed by atoms with Crippen LogP contribution in [0, 0.1) is 5.82 Å². The van der Waals surface area contributed by atoms with Crippen molar-refractivity contribution in [2.45, 2.75) is 19.0 Å². The molecule has 0 unspecified atom stereocenters. The maximum Gasteiger partial charge on any atom is 0.206 e. The average Bonchev–Trinajstić information content (AvgIpc) is 3.20. The molecule has 0 aliphatic carbocycles. The van der Waals surface area contributed by atoms with Crippen molar-refractivity contribution in [3.8, 4) is 0 Å². The Morgan fingerprint density at radius 1 is 1.00 bits per heavy atom. The number of halogens is 3. The minimum Gasteiger partial charge on any atom is -0.340 e. The van der Waals surface area contributed by atoms with Gasteiger partial charge < -0.3 is 20.5 Å². The molecule has 1 saturated heterocycles. The van der Waals surface area contributed by atoms with Gasteiger partial charge in [0.1, 0.15) is 5.82 Å². The van der Waals surface area contributed by atoms with Gasteiger partial charge in [0.05, 0.1) is 22.6 Å². The molecule has 0 spiro atoms. The lowest BCUT2D eigenvalue weighted by Crippen LogP contribution is -2.44. The van der Waals surface area contributed by atoms with Gasteiger partial charge in [0, 0.05) is 37.2 Å². The quantitative estimate of drug-likeness (QED) is 0.385. The highest BCUT2D eigenvalue weighted by Gasteiger charge is 2.23. The van der Waals surface area contributed by atoms with Crippen molar-refractivity contribution in [1.82, 2.24) is 14.9 Å². The van der Waals surface area contributed by atoms with Crippen LogP contribution in [0.5, 0.6) is 0 Å². The number of rotatable bonds is 6. The van der Waals surface area contributed by atoms with Crippen molar-refractivity contribution in [1.29, 1.82) is 0 Å². The predicted octanol–water partition coefficient (Wildman–Crippen LogP) is 5.18. The summed E-state index contributed by atoms with van der Waals surface area (Å²) < 4.78 is 15.9. The van der Waals surface area contributed by atoms with E-state index in [2.05, 4.69) is 26.9 Å². The first-order valence-corrected chi connectivity index (χ1v) is 12.1. The second-order valence-corrected chi connectivity index (χ2v) is 9.49. The topological polar surface area (TPSA) is 59.1 Å². The largest absolute Gasteiger partial charge is 0.340 e. The lowest BCUT2D eigenvalue weighted by molar-refractivity contribution is 0.571. The molecule has 1 aliphatic rings. The summed E-state index contributed by atoms with van der Waals surface area (Å²) in [6, 6.07) is 18.6. The molecule has 5 rings (SSSR count). The zero-order valence-electron chi connectivity index (χ0n) is 18.6.